The maximum absolute atomic E-state index is 12.3. The first kappa shape index (κ1) is 12.6. The number of aromatic nitrogens is 3. The molecule has 6 heteroatoms. The Kier molecular flexibility index (Phi) is 2.69. The van der Waals surface area contributed by atoms with Crippen molar-refractivity contribution in [2.45, 2.75) is 6.92 Å². The Morgan fingerprint density at radius 1 is 1.27 bits per heavy atom. The average Bonchev–Trinajstić information content (AvgIpc) is 3.08. The Bertz CT molecular complexity index is 967. The predicted octanol–water partition coefficient (Wildman–Crippen LogP) is 3.04. The third kappa shape index (κ3) is 2.10. The van der Waals surface area contributed by atoms with Crippen LogP contribution in [0.2, 0.25) is 0 Å². The zero-order chi connectivity index (χ0) is 15.1. The molecule has 108 valence electrons. The molecule has 3 heterocycles. The van der Waals surface area contributed by atoms with Gasteiger partial charge >= 0.3 is 0 Å². The zero-order valence-electron chi connectivity index (χ0n) is 11.8. The predicted molar refractivity (Wildman–Crippen MR) is 81.9 cm³/mol. The Balaban J connectivity index is 1.64. The smallest absolute Gasteiger partial charge is 0.291 e. The van der Waals surface area contributed by atoms with Crippen molar-refractivity contribution < 1.29 is 9.21 Å². The fourth-order valence-corrected chi connectivity index (χ4v) is 2.35. The normalized spacial score (nSPS) is 11.1. The summed E-state index contributed by atoms with van der Waals surface area (Å²) in [6.07, 6.45) is 3.31. The molecule has 4 rings (SSSR count). The number of hydrogen-bond donors (Lipinski definition) is 1. The quantitative estimate of drug-likeness (QED) is 0.616. The topological polar surface area (TPSA) is 72.4 Å². The lowest BCUT2D eigenvalue weighted by Gasteiger charge is -2.02. The Hall–Kier alpha value is -3.15. The van der Waals surface area contributed by atoms with Crippen LogP contribution in [0.5, 0.6) is 0 Å². The van der Waals surface area contributed by atoms with Gasteiger partial charge in [0.1, 0.15) is 5.58 Å². The summed E-state index contributed by atoms with van der Waals surface area (Å²) in [5, 5.41) is 7.93. The highest BCUT2D eigenvalue weighted by Crippen LogP contribution is 2.20. The van der Waals surface area contributed by atoms with E-state index in [1.165, 1.54) is 0 Å². The lowest BCUT2D eigenvalue weighted by atomic mass is 10.2. The number of aryl methyl sites for hydroxylation is 1. The minimum atomic E-state index is -0.318. The first-order valence-corrected chi connectivity index (χ1v) is 6.81. The Morgan fingerprint density at radius 3 is 3.00 bits per heavy atom. The molecule has 0 saturated heterocycles. The highest BCUT2D eigenvalue weighted by molar-refractivity contribution is 6.04. The van der Waals surface area contributed by atoms with Crippen LogP contribution in [0.15, 0.2) is 53.2 Å². The first-order valence-electron chi connectivity index (χ1n) is 6.81. The van der Waals surface area contributed by atoms with Crippen LogP contribution < -0.4 is 5.32 Å². The summed E-state index contributed by atoms with van der Waals surface area (Å²) in [6.45, 7) is 1.89. The van der Waals surface area contributed by atoms with E-state index >= 15 is 0 Å². The van der Waals surface area contributed by atoms with Crippen molar-refractivity contribution in [3.63, 3.8) is 0 Å². The van der Waals surface area contributed by atoms with Crippen LogP contribution in [-0.4, -0.2) is 20.5 Å². The second-order valence-electron chi connectivity index (χ2n) is 5.03. The van der Waals surface area contributed by atoms with Crippen molar-refractivity contribution in [1.29, 1.82) is 0 Å². The van der Waals surface area contributed by atoms with E-state index in [4.69, 9.17) is 4.42 Å². The first-order chi connectivity index (χ1) is 10.7. The molecule has 22 heavy (non-hydrogen) atoms. The number of furan rings is 1. The second kappa shape index (κ2) is 4.70. The molecule has 0 aliphatic rings. The number of carbonyl (C=O) groups excluding carboxylic acids is 1. The van der Waals surface area contributed by atoms with Gasteiger partial charge in [-0.2, -0.15) is 5.10 Å². The number of hydrogen-bond acceptors (Lipinski definition) is 4. The molecule has 6 nitrogen and oxygen atoms in total. The van der Waals surface area contributed by atoms with Crippen LogP contribution in [0, 0.1) is 6.92 Å². The fourth-order valence-electron chi connectivity index (χ4n) is 2.35. The van der Waals surface area contributed by atoms with E-state index in [-0.39, 0.29) is 11.7 Å². The van der Waals surface area contributed by atoms with Gasteiger partial charge in [0.15, 0.2) is 11.4 Å². The number of fused-ring (bicyclic) bond motifs is 2. The van der Waals surface area contributed by atoms with Crippen molar-refractivity contribution in [3.05, 3.63) is 60.2 Å². The molecule has 4 aromatic rings. The SMILES string of the molecule is Cc1cc2ncc(NC(=O)c3cc4ccccc4o3)cn2n1. The summed E-state index contributed by atoms with van der Waals surface area (Å²) >= 11 is 0. The molecule has 0 spiro atoms. The fraction of sp³-hybridized carbons (Fsp3) is 0.0625. The van der Waals surface area contributed by atoms with Gasteiger partial charge in [0, 0.05) is 11.5 Å². The van der Waals surface area contributed by atoms with Gasteiger partial charge in [-0.25, -0.2) is 9.50 Å². The van der Waals surface area contributed by atoms with Gasteiger partial charge in [0.05, 0.1) is 23.8 Å². The summed E-state index contributed by atoms with van der Waals surface area (Å²) in [7, 11) is 0. The van der Waals surface area contributed by atoms with Crippen LogP contribution in [-0.2, 0) is 0 Å². The van der Waals surface area contributed by atoms with Crippen LogP contribution in [0.4, 0.5) is 5.69 Å². The van der Waals surface area contributed by atoms with E-state index in [0.717, 1.165) is 16.7 Å². The summed E-state index contributed by atoms with van der Waals surface area (Å²) in [5.74, 6) is -0.0563. The Labute approximate surface area is 125 Å². The number of rotatable bonds is 2. The van der Waals surface area contributed by atoms with E-state index in [0.29, 0.717) is 11.3 Å². The van der Waals surface area contributed by atoms with Crippen molar-refractivity contribution in [3.8, 4) is 0 Å². The highest BCUT2D eigenvalue weighted by Gasteiger charge is 2.13. The number of carbonyl (C=O) groups is 1. The molecular formula is C16H12N4O2. The van der Waals surface area contributed by atoms with Crippen molar-refractivity contribution in [1.82, 2.24) is 14.6 Å². The maximum Gasteiger partial charge on any atom is 0.291 e. The van der Waals surface area contributed by atoms with Gasteiger partial charge in [-0.15, -0.1) is 0 Å². The van der Waals surface area contributed by atoms with Crippen molar-refractivity contribution >= 4 is 28.2 Å². The summed E-state index contributed by atoms with van der Waals surface area (Å²) in [4.78, 5) is 16.5. The molecule has 1 N–H and O–H groups in total. The number of benzene rings is 1. The van der Waals surface area contributed by atoms with Crippen LogP contribution in [0.1, 0.15) is 16.2 Å². The molecule has 0 bridgehead atoms. The molecule has 0 atom stereocenters. The number of anilines is 1. The molecule has 3 aromatic heterocycles. The number of nitrogens with zero attached hydrogens (tertiary/aromatic N) is 3. The van der Waals surface area contributed by atoms with Crippen molar-refractivity contribution in [2.24, 2.45) is 0 Å². The molecule has 1 aromatic carbocycles. The third-order valence-corrected chi connectivity index (χ3v) is 3.34. The molecule has 0 aliphatic heterocycles. The zero-order valence-corrected chi connectivity index (χ0v) is 11.8. The molecule has 0 unspecified atom stereocenters. The standard InChI is InChI=1S/C16H12N4O2/c1-10-6-15-17-8-12(9-20(15)19-10)18-16(21)14-7-11-4-2-3-5-13(11)22-14/h2-9H,1H3,(H,18,21). The summed E-state index contributed by atoms with van der Waals surface area (Å²) < 4.78 is 7.17. The maximum atomic E-state index is 12.3. The largest absolute Gasteiger partial charge is 0.451 e. The summed E-state index contributed by atoms with van der Waals surface area (Å²) in [5.41, 5.74) is 2.84. The molecule has 0 fully saturated rings. The lowest BCUT2D eigenvalue weighted by Crippen LogP contribution is -2.11. The van der Waals surface area contributed by atoms with Gasteiger partial charge in [-0.3, -0.25) is 4.79 Å². The average molecular weight is 292 g/mol. The van der Waals surface area contributed by atoms with Gasteiger partial charge in [0.25, 0.3) is 5.91 Å². The molecule has 1 amide bonds. The molecule has 0 radical (unpaired) electrons. The number of amides is 1. The van der Waals surface area contributed by atoms with E-state index < -0.39 is 0 Å². The number of para-hydroxylation sites is 1. The third-order valence-electron chi connectivity index (χ3n) is 3.34. The van der Waals surface area contributed by atoms with Crippen LogP contribution in [0.25, 0.3) is 16.6 Å². The molecule has 0 aliphatic carbocycles. The van der Waals surface area contributed by atoms with E-state index in [1.807, 2.05) is 37.3 Å². The van der Waals surface area contributed by atoms with Crippen LogP contribution in [0.3, 0.4) is 0 Å². The van der Waals surface area contributed by atoms with Gasteiger partial charge < -0.3 is 9.73 Å². The second-order valence-corrected chi connectivity index (χ2v) is 5.03. The summed E-state index contributed by atoms with van der Waals surface area (Å²) in [6, 6.07) is 11.1. The molecular weight excluding hydrogens is 280 g/mol. The van der Waals surface area contributed by atoms with Crippen LogP contribution >= 0.6 is 0 Å². The van der Waals surface area contributed by atoms with E-state index in [2.05, 4.69) is 15.4 Å². The molecule has 0 saturated carbocycles. The van der Waals surface area contributed by atoms with E-state index in [1.54, 1.807) is 23.0 Å². The van der Waals surface area contributed by atoms with Gasteiger partial charge in [-0.05, 0) is 19.1 Å². The monoisotopic (exact) mass is 292 g/mol. The number of nitrogens with one attached hydrogen (secondary N) is 1. The minimum Gasteiger partial charge on any atom is -0.451 e. The minimum absolute atomic E-state index is 0.262. The lowest BCUT2D eigenvalue weighted by molar-refractivity contribution is 0.0998. The highest BCUT2D eigenvalue weighted by atomic mass is 16.3. The van der Waals surface area contributed by atoms with E-state index in [9.17, 15) is 4.79 Å². The van der Waals surface area contributed by atoms with Gasteiger partial charge in [-0.1, -0.05) is 18.2 Å². The van der Waals surface area contributed by atoms with Gasteiger partial charge in [0.2, 0.25) is 0 Å². The Morgan fingerprint density at radius 2 is 2.14 bits per heavy atom. The van der Waals surface area contributed by atoms with Crippen molar-refractivity contribution in [2.75, 3.05) is 5.32 Å².